The fraction of sp³-hybridized carbons (Fsp3) is 0.353. The quantitative estimate of drug-likeness (QED) is 0.905. The van der Waals surface area contributed by atoms with E-state index in [4.69, 9.17) is 4.74 Å². The second-order valence-electron chi connectivity index (χ2n) is 5.47. The summed E-state index contributed by atoms with van der Waals surface area (Å²) >= 11 is 0. The largest absolute Gasteiger partial charge is 0.481 e. The summed E-state index contributed by atoms with van der Waals surface area (Å²) in [5.41, 5.74) is 0.822. The SMILES string of the molecule is CO[C@@H]1CCN[C@@H]1[C@@H](C(=O)O)c1ccc2ccccc2c1. The normalized spacial score (nSPS) is 23.3. The van der Waals surface area contributed by atoms with Crippen LogP contribution in [-0.4, -0.2) is 36.9 Å². The average Bonchev–Trinajstić information content (AvgIpc) is 2.95. The number of rotatable bonds is 4. The molecule has 1 fully saturated rings. The number of hydrogen-bond acceptors (Lipinski definition) is 3. The first kappa shape index (κ1) is 14.0. The lowest BCUT2D eigenvalue weighted by Crippen LogP contribution is -2.41. The standard InChI is InChI=1S/C17H19NO3/c1-21-14-8-9-18-16(14)15(17(19)20)13-7-6-11-4-2-3-5-12(11)10-13/h2-7,10,14-16,18H,8-9H2,1H3,(H,19,20)/t14-,15+,16+/m1/s1. The van der Waals surface area contributed by atoms with E-state index in [0.717, 1.165) is 29.3 Å². The third kappa shape index (κ3) is 2.64. The number of carboxylic acid groups (broad SMARTS) is 1. The molecule has 2 N–H and O–H groups in total. The van der Waals surface area contributed by atoms with Gasteiger partial charge in [-0.25, -0.2) is 0 Å². The summed E-state index contributed by atoms with van der Waals surface area (Å²) in [4.78, 5) is 11.8. The van der Waals surface area contributed by atoms with Crippen LogP contribution in [0.5, 0.6) is 0 Å². The maximum Gasteiger partial charge on any atom is 0.312 e. The van der Waals surface area contributed by atoms with Gasteiger partial charge in [-0.05, 0) is 29.3 Å². The van der Waals surface area contributed by atoms with Crippen molar-refractivity contribution in [3.05, 3.63) is 48.0 Å². The van der Waals surface area contributed by atoms with Gasteiger partial charge >= 0.3 is 5.97 Å². The zero-order valence-electron chi connectivity index (χ0n) is 12.0. The van der Waals surface area contributed by atoms with E-state index in [1.54, 1.807) is 7.11 Å². The van der Waals surface area contributed by atoms with Gasteiger partial charge in [0.2, 0.25) is 0 Å². The first-order valence-corrected chi connectivity index (χ1v) is 7.18. The summed E-state index contributed by atoms with van der Waals surface area (Å²) in [6, 6.07) is 13.7. The molecule has 0 aromatic heterocycles. The van der Waals surface area contributed by atoms with Crippen molar-refractivity contribution in [3.8, 4) is 0 Å². The number of hydrogen-bond donors (Lipinski definition) is 2. The predicted octanol–water partition coefficient (Wildman–Crippen LogP) is 2.38. The molecule has 1 heterocycles. The highest BCUT2D eigenvalue weighted by Crippen LogP contribution is 2.29. The number of nitrogens with one attached hydrogen (secondary N) is 1. The summed E-state index contributed by atoms with van der Waals surface area (Å²) < 4.78 is 5.44. The van der Waals surface area contributed by atoms with Crippen LogP contribution in [0.25, 0.3) is 10.8 Å². The molecule has 4 heteroatoms. The first-order chi connectivity index (χ1) is 10.2. The zero-order valence-corrected chi connectivity index (χ0v) is 12.0. The molecule has 4 nitrogen and oxygen atoms in total. The van der Waals surface area contributed by atoms with E-state index in [9.17, 15) is 9.90 Å². The van der Waals surface area contributed by atoms with Crippen LogP contribution >= 0.6 is 0 Å². The van der Waals surface area contributed by atoms with E-state index < -0.39 is 11.9 Å². The molecule has 0 spiro atoms. The lowest BCUT2D eigenvalue weighted by molar-refractivity contribution is -0.140. The molecule has 0 radical (unpaired) electrons. The Balaban J connectivity index is 2.01. The van der Waals surface area contributed by atoms with E-state index in [1.807, 2.05) is 42.5 Å². The summed E-state index contributed by atoms with van der Waals surface area (Å²) in [6.45, 7) is 0.792. The molecule has 0 aliphatic carbocycles. The van der Waals surface area contributed by atoms with Crippen LogP contribution in [0.2, 0.25) is 0 Å². The van der Waals surface area contributed by atoms with Crippen LogP contribution in [-0.2, 0) is 9.53 Å². The molecule has 0 saturated carbocycles. The summed E-state index contributed by atoms with van der Waals surface area (Å²) in [7, 11) is 1.64. The van der Waals surface area contributed by atoms with Gasteiger partial charge in [-0.2, -0.15) is 0 Å². The predicted molar refractivity (Wildman–Crippen MR) is 81.5 cm³/mol. The molecule has 110 valence electrons. The lowest BCUT2D eigenvalue weighted by atomic mass is 9.88. The van der Waals surface area contributed by atoms with Gasteiger partial charge < -0.3 is 15.2 Å². The highest BCUT2D eigenvalue weighted by Gasteiger charge is 2.38. The monoisotopic (exact) mass is 285 g/mol. The molecule has 3 rings (SSSR count). The Labute approximate surface area is 123 Å². The molecule has 0 bridgehead atoms. The Morgan fingerprint density at radius 3 is 2.76 bits per heavy atom. The van der Waals surface area contributed by atoms with Crippen LogP contribution in [0.4, 0.5) is 0 Å². The zero-order chi connectivity index (χ0) is 14.8. The smallest absolute Gasteiger partial charge is 0.312 e. The molecule has 21 heavy (non-hydrogen) atoms. The first-order valence-electron chi connectivity index (χ1n) is 7.18. The van der Waals surface area contributed by atoms with Gasteiger partial charge in [0.1, 0.15) is 0 Å². The van der Waals surface area contributed by atoms with E-state index in [-0.39, 0.29) is 12.1 Å². The highest BCUT2D eigenvalue weighted by molar-refractivity contribution is 5.85. The molecule has 2 aromatic carbocycles. The second kappa shape index (κ2) is 5.84. The average molecular weight is 285 g/mol. The maximum atomic E-state index is 11.8. The third-order valence-electron chi connectivity index (χ3n) is 4.27. The Kier molecular flexibility index (Phi) is 3.90. The number of aliphatic carboxylic acids is 1. The van der Waals surface area contributed by atoms with Crippen molar-refractivity contribution >= 4 is 16.7 Å². The molecular formula is C17H19NO3. The van der Waals surface area contributed by atoms with Crippen molar-refractivity contribution in [2.75, 3.05) is 13.7 Å². The minimum Gasteiger partial charge on any atom is -0.481 e. The van der Waals surface area contributed by atoms with Crippen LogP contribution in [0.3, 0.4) is 0 Å². The molecule has 2 aromatic rings. The number of benzene rings is 2. The fourth-order valence-electron chi connectivity index (χ4n) is 3.20. The lowest BCUT2D eigenvalue weighted by Gasteiger charge is -2.25. The van der Waals surface area contributed by atoms with Gasteiger partial charge in [-0.15, -0.1) is 0 Å². The molecule has 1 aliphatic heterocycles. The van der Waals surface area contributed by atoms with Crippen molar-refractivity contribution in [3.63, 3.8) is 0 Å². The molecule has 0 amide bonds. The minimum atomic E-state index is -0.813. The Morgan fingerprint density at radius 2 is 2.05 bits per heavy atom. The van der Waals surface area contributed by atoms with Gasteiger partial charge in [0.25, 0.3) is 0 Å². The topological polar surface area (TPSA) is 58.6 Å². The molecule has 1 aliphatic rings. The Morgan fingerprint density at radius 1 is 1.29 bits per heavy atom. The van der Waals surface area contributed by atoms with E-state index in [2.05, 4.69) is 5.32 Å². The van der Waals surface area contributed by atoms with Gasteiger partial charge in [0.15, 0.2) is 0 Å². The van der Waals surface area contributed by atoms with Crippen LogP contribution in [0, 0.1) is 0 Å². The highest BCUT2D eigenvalue weighted by atomic mass is 16.5. The van der Waals surface area contributed by atoms with Crippen molar-refractivity contribution in [1.82, 2.24) is 5.32 Å². The molecular weight excluding hydrogens is 266 g/mol. The molecule has 3 atom stereocenters. The van der Waals surface area contributed by atoms with Crippen LogP contribution in [0.1, 0.15) is 17.9 Å². The van der Waals surface area contributed by atoms with Crippen molar-refractivity contribution in [2.45, 2.75) is 24.5 Å². The molecule has 1 saturated heterocycles. The summed E-state index contributed by atoms with van der Waals surface area (Å²) in [6.07, 6.45) is 0.788. The Bertz CT molecular complexity index is 655. The van der Waals surface area contributed by atoms with E-state index in [1.165, 1.54) is 0 Å². The number of fused-ring (bicyclic) bond motifs is 1. The van der Waals surface area contributed by atoms with E-state index in [0.29, 0.717) is 0 Å². The summed E-state index contributed by atoms with van der Waals surface area (Å²) in [5.74, 6) is -1.41. The van der Waals surface area contributed by atoms with Gasteiger partial charge in [-0.3, -0.25) is 4.79 Å². The number of methoxy groups -OCH3 is 1. The minimum absolute atomic E-state index is 0.0578. The molecule has 0 unspecified atom stereocenters. The van der Waals surface area contributed by atoms with Crippen molar-refractivity contribution in [2.24, 2.45) is 0 Å². The van der Waals surface area contributed by atoms with Crippen molar-refractivity contribution < 1.29 is 14.6 Å². The summed E-state index contributed by atoms with van der Waals surface area (Å²) in [5, 5.41) is 15.1. The third-order valence-corrected chi connectivity index (χ3v) is 4.27. The fourth-order valence-corrected chi connectivity index (χ4v) is 3.20. The van der Waals surface area contributed by atoms with Gasteiger partial charge in [0.05, 0.1) is 18.1 Å². The second-order valence-corrected chi connectivity index (χ2v) is 5.47. The van der Waals surface area contributed by atoms with Crippen LogP contribution < -0.4 is 5.32 Å². The van der Waals surface area contributed by atoms with Gasteiger partial charge in [0, 0.05) is 7.11 Å². The Hall–Kier alpha value is -1.91. The number of carboxylic acids is 1. The van der Waals surface area contributed by atoms with E-state index >= 15 is 0 Å². The van der Waals surface area contributed by atoms with Crippen molar-refractivity contribution in [1.29, 1.82) is 0 Å². The number of ether oxygens (including phenoxy) is 1. The van der Waals surface area contributed by atoms with Gasteiger partial charge in [-0.1, -0.05) is 42.5 Å². The maximum absolute atomic E-state index is 11.8. The number of carbonyl (C=O) groups is 1. The van der Waals surface area contributed by atoms with Crippen LogP contribution in [0.15, 0.2) is 42.5 Å².